The summed E-state index contributed by atoms with van der Waals surface area (Å²) >= 11 is 7.54. The minimum atomic E-state index is -1.36. The van der Waals surface area contributed by atoms with Gasteiger partial charge in [-0.15, -0.1) is 35.8 Å². The van der Waals surface area contributed by atoms with Gasteiger partial charge in [0.1, 0.15) is 29.9 Å². The molecule has 29 heavy (non-hydrogen) atoms. The Balaban J connectivity index is 0.00000420. The van der Waals surface area contributed by atoms with Crippen LogP contribution in [0.2, 0.25) is 0 Å². The fourth-order valence-electron chi connectivity index (χ4n) is 4.00. The Kier molecular flexibility index (Phi) is 12.1. The molecular formula is C19H36Cl2N2O5S. The first-order chi connectivity index (χ1) is 13.3. The van der Waals surface area contributed by atoms with Crippen molar-refractivity contribution in [2.45, 2.75) is 93.3 Å². The van der Waals surface area contributed by atoms with Gasteiger partial charge in [0, 0.05) is 0 Å². The van der Waals surface area contributed by atoms with Crippen molar-refractivity contribution in [2.24, 2.45) is 5.92 Å². The normalized spacial score (nSPS) is 36.9. The molecule has 0 aromatic heterocycles. The Hall–Kier alpha value is 0.200. The lowest BCUT2D eigenvalue weighted by atomic mass is 9.92. The molecule has 0 spiro atoms. The monoisotopic (exact) mass is 474 g/mol. The number of thioether (sulfide) groups is 1. The standard InChI is InChI=1S/C19H35ClN2O5S.ClH/c1-4-5-6-7-11-8-12(21-9-11)18(26)22-13(10(2)20)17-15(24)14(23)16(25)19(27-17)28-3;/h10-17,19,21,23-25H,4-9H2,1-3H3,(H,22,26);1H/t10-,11-,12+,13-,14+,15+,16-,17-,19-;/m1./s1. The van der Waals surface area contributed by atoms with Gasteiger partial charge in [-0.3, -0.25) is 4.79 Å². The molecule has 2 fully saturated rings. The fourth-order valence-corrected chi connectivity index (χ4v) is 4.89. The summed E-state index contributed by atoms with van der Waals surface area (Å²) in [7, 11) is 0. The molecule has 0 aromatic carbocycles. The predicted molar refractivity (Wildman–Crippen MR) is 119 cm³/mol. The average molecular weight is 475 g/mol. The summed E-state index contributed by atoms with van der Waals surface area (Å²) in [6, 6.07) is -0.987. The van der Waals surface area contributed by atoms with E-state index in [1.807, 2.05) is 0 Å². The fraction of sp³-hybridized carbons (Fsp3) is 0.947. The molecule has 0 radical (unpaired) electrons. The van der Waals surface area contributed by atoms with E-state index in [9.17, 15) is 20.1 Å². The van der Waals surface area contributed by atoms with Crippen LogP contribution in [0.5, 0.6) is 0 Å². The second-order valence-corrected chi connectivity index (χ2v) is 9.57. The molecule has 0 aromatic rings. The van der Waals surface area contributed by atoms with Crippen molar-refractivity contribution in [3.8, 4) is 0 Å². The number of hydrogen-bond donors (Lipinski definition) is 5. The second kappa shape index (κ2) is 12.9. The van der Waals surface area contributed by atoms with Crippen LogP contribution in [0.3, 0.4) is 0 Å². The maximum atomic E-state index is 12.8. The van der Waals surface area contributed by atoms with E-state index >= 15 is 0 Å². The van der Waals surface area contributed by atoms with Gasteiger partial charge in [0.25, 0.3) is 0 Å². The topological polar surface area (TPSA) is 111 Å². The first-order valence-electron chi connectivity index (χ1n) is 10.2. The van der Waals surface area contributed by atoms with Crippen LogP contribution in [0.4, 0.5) is 0 Å². The number of carbonyl (C=O) groups is 1. The SMILES string of the molecule is CCCCC[C@H]1CN[C@H](C(=O)N[C@@H]([C@H]2O[C@H](SC)[C@H](O)[C@@H](O)[C@@H]2O)[C@@H](C)Cl)C1.Cl. The van der Waals surface area contributed by atoms with Crippen LogP contribution < -0.4 is 10.6 Å². The maximum absolute atomic E-state index is 12.8. The van der Waals surface area contributed by atoms with E-state index in [0.29, 0.717) is 5.92 Å². The van der Waals surface area contributed by atoms with Crippen molar-refractivity contribution < 1.29 is 24.9 Å². The number of hydrogen-bond acceptors (Lipinski definition) is 7. The molecule has 1 amide bonds. The summed E-state index contributed by atoms with van der Waals surface area (Å²) in [5.74, 6) is 0.316. The van der Waals surface area contributed by atoms with Crippen molar-refractivity contribution in [3.63, 3.8) is 0 Å². The van der Waals surface area contributed by atoms with Crippen LogP contribution in [-0.2, 0) is 9.53 Å². The lowest BCUT2D eigenvalue weighted by Gasteiger charge is -2.44. The first-order valence-corrected chi connectivity index (χ1v) is 11.9. The highest BCUT2D eigenvalue weighted by Gasteiger charge is 2.48. The number of ether oxygens (including phenoxy) is 1. The van der Waals surface area contributed by atoms with Gasteiger partial charge in [-0.05, 0) is 38.5 Å². The lowest BCUT2D eigenvalue weighted by Crippen LogP contribution is -2.65. The molecule has 172 valence electrons. The Labute approximate surface area is 189 Å². The summed E-state index contributed by atoms with van der Waals surface area (Å²) in [4.78, 5) is 12.8. The third-order valence-corrected chi connectivity index (χ3v) is 6.88. The zero-order chi connectivity index (χ0) is 20.8. The van der Waals surface area contributed by atoms with Crippen LogP contribution in [0.1, 0.15) is 46.0 Å². The van der Waals surface area contributed by atoms with Crippen LogP contribution in [0.25, 0.3) is 0 Å². The van der Waals surface area contributed by atoms with E-state index in [2.05, 4.69) is 17.6 Å². The lowest BCUT2D eigenvalue weighted by molar-refractivity contribution is -0.205. The van der Waals surface area contributed by atoms with E-state index in [1.54, 1.807) is 13.2 Å². The number of carbonyl (C=O) groups excluding carboxylic acids is 1. The highest BCUT2D eigenvalue weighted by atomic mass is 35.5. The molecule has 2 aliphatic heterocycles. The molecule has 0 unspecified atom stereocenters. The van der Waals surface area contributed by atoms with Gasteiger partial charge >= 0.3 is 0 Å². The molecular weight excluding hydrogens is 439 g/mol. The van der Waals surface area contributed by atoms with E-state index in [0.717, 1.165) is 19.4 Å². The van der Waals surface area contributed by atoms with Crippen molar-refractivity contribution in [1.82, 2.24) is 10.6 Å². The van der Waals surface area contributed by atoms with Gasteiger partial charge in [0.15, 0.2) is 0 Å². The highest BCUT2D eigenvalue weighted by Crippen LogP contribution is 2.30. The molecule has 2 heterocycles. The number of alkyl halides is 1. The Bertz CT molecular complexity index is 503. The predicted octanol–water partition coefficient (Wildman–Crippen LogP) is 1.25. The first kappa shape index (κ1) is 27.2. The van der Waals surface area contributed by atoms with Crippen LogP contribution >= 0.6 is 35.8 Å². The van der Waals surface area contributed by atoms with Crippen molar-refractivity contribution in [1.29, 1.82) is 0 Å². The Morgan fingerprint density at radius 1 is 1.28 bits per heavy atom. The Morgan fingerprint density at radius 2 is 1.97 bits per heavy atom. The molecule has 0 aliphatic carbocycles. The number of aliphatic hydroxyl groups excluding tert-OH is 3. The van der Waals surface area contributed by atoms with Crippen LogP contribution in [0, 0.1) is 5.92 Å². The molecule has 2 saturated heterocycles. The van der Waals surface area contributed by atoms with E-state index in [1.165, 1.54) is 31.0 Å². The molecule has 0 saturated carbocycles. The van der Waals surface area contributed by atoms with Gasteiger partial charge in [0.2, 0.25) is 5.91 Å². The van der Waals surface area contributed by atoms with Crippen molar-refractivity contribution >= 4 is 41.7 Å². The summed E-state index contributed by atoms with van der Waals surface area (Å²) in [6.07, 6.45) is 2.39. The quantitative estimate of drug-likeness (QED) is 0.252. The number of amides is 1. The van der Waals surface area contributed by atoms with Crippen molar-refractivity contribution in [3.05, 3.63) is 0 Å². The van der Waals surface area contributed by atoms with Gasteiger partial charge in [-0.2, -0.15) is 0 Å². The molecule has 5 N–H and O–H groups in total. The van der Waals surface area contributed by atoms with Gasteiger partial charge in [0.05, 0.1) is 17.5 Å². The summed E-state index contributed by atoms with van der Waals surface area (Å²) < 4.78 is 5.79. The van der Waals surface area contributed by atoms with Gasteiger partial charge < -0.3 is 30.7 Å². The van der Waals surface area contributed by atoms with Crippen LogP contribution in [0.15, 0.2) is 0 Å². The van der Waals surface area contributed by atoms with Crippen molar-refractivity contribution in [2.75, 3.05) is 12.8 Å². The third kappa shape index (κ3) is 7.10. The summed E-state index contributed by atoms with van der Waals surface area (Å²) in [5, 5.41) is 36.3. The minimum absolute atomic E-state index is 0. The highest BCUT2D eigenvalue weighted by molar-refractivity contribution is 7.99. The van der Waals surface area contributed by atoms with Gasteiger partial charge in [-0.25, -0.2) is 0 Å². The molecule has 2 aliphatic rings. The van der Waals surface area contributed by atoms with E-state index < -0.39 is 41.3 Å². The number of unbranched alkanes of at least 4 members (excludes halogenated alkanes) is 2. The minimum Gasteiger partial charge on any atom is -0.388 e. The largest absolute Gasteiger partial charge is 0.388 e. The van der Waals surface area contributed by atoms with E-state index in [-0.39, 0.29) is 24.4 Å². The number of nitrogens with one attached hydrogen (secondary N) is 2. The molecule has 10 heteroatoms. The molecule has 7 nitrogen and oxygen atoms in total. The second-order valence-electron chi connectivity index (χ2n) is 7.95. The number of aliphatic hydroxyl groups is 3. The number of halogens is 2. The molecule has 0 bridgehead atoms. The van der Waals surface area contributed by atoms with E-state index in [4.69, 9.17) is 16.3 Å². The maximum Gasteiger partial charge on any atom is 0.237 e. The summed E-state index contributed by atoms with van der Waals surface area (Å²) in [6.45, 7) is 4.71. The molecule has 2 rings (SSSR count). The third-order valence-electron chi connectivity index (χ3n) is 5.75. The smallest absolute Gasteiger partial charge is 0.237 e. The zero-order valence-electron chi connectivity index (χ0n) is 17.3. The Morgan fingerprint density at radius 3 is 2.55 bits per heavy atom. The molecule has 9 atom stereocenters. The summed E-state index contributed by atoms with van der Waals surface area (Å²) in [5.41, 5.74) is -0.703. The average Bonchev–Trinajstić information content (AvgIpc) is 3.14. The van der Waals surface area contributed by atoms with Crippen LogP contribution in [-0.4, -0.2) is 81.3 Å². The zero-order valence-corrected chi connectivity index (χ0v) is 19.7. The van der Waals surface area contributed by atoms with Gasteiger partial charge in [-0.1, -0.05) is 26.2 Å². The number of rotatable bonds is 9.